The van der Waals surface area contributed by atoms with Crippen LogP contribution >= 0.6 is 15.9 Å². The van der Waals surface area contributed by atoms with E-state index in [0.29, 0.717) is 6.29 Å². The highest BCUT2D eigenvalue weighted by molar-refractivity contribution is 9.10. The van der Waals surface area contributed by atoms with Gasteiger partial charge in [0.25, 0.3) is 0 Å². The fourth-order valence-corrected chi connectivity index (χ4v) is 1.83. The zero-order chi connectivity index (χ0) is 14.8. The number of ether oxygens (including phenoxy) is 1. The predicted octanol–water partition coefficient (Wildman–Crippen LogP) is 5.07. The number of aldehydes is 1. The molecule has 0 aliphatic rings. The lowest BCUT2D eigenvalue weighted by atomic mass is 10.1. The molecule has 0 heterocycles. The number of benzene rings is 2. The van der Waals surface area contributed by atoms with Gasteiger partial charge in [0.2, 0.25) is 0 Å². The Labute approximate surface area is 121 Å². The summed E-state index contributed by atoms with van der Waals surface area (Å²) in [6.45, 7) is 0. The molecule has 104 valence electrons. The smallest absolute Gasteiger partial charge is 0.420 e. The van der Waals surface area contributed by atoms with Crippen LogP contribution in [0.1, 0.15) is 15.9 Å². The standard InChI is InChI=1S/C14H8BrF3O2/c15-10-2-4-11(5-3-10)20-13-6-1-9(8-19)7-12(13)14(16,17)18/h1-8H. The van der Waals surface area contributed by atoms with Gasteiger partial charge in [-0.1, -0.05) is 15.9 Å². The normalized spacial score (nSPS) is 11.2. The van der Waals surface area contributed by atoms with Crippen LogP contribution < -0.4 is 4.74 Å². The fraction of sp³-hybridized carbons (Fsp3) is 0.0714. The zero-order valence-corrected chi connectivity index (χ0v) is 11.5. The van der Waals surface area contributed by atoms with Gasteiger partial charge in [-0.05, 0) is 42.5 Å². The maximum Gasteiger partial charge on any atom is 0.420 e. The van der Waals surface area contributed by atoms with E-state index >= 15 is 0 Å². The summed E-state index contributed by atoms with van der Waals surface area (Å²) in [5.41, 5.74) is -1.04. The first-order chi connectivity index (χ1) is 9.40. The summed E-state index contributed by atoms with van der Waals surface area (Å²) < 4.78 is 44.8. The molecule has 0 spiro atoms. The fourth-order valence-electron chi connectivity index (χ4n) is 1.56. The highest BCUT2D eigenvalue weighted by Crippen LogP contribution is 2.38. The first-order valence-corrected chi connectivity index (χ1v) is 6.29. The van der Waals surface area contributed by atoms with Crippen LogP contribution in [0.15, 0.2) is 46.9 Å². The quantitative estimate of drug-likeness (QED) is 0.726. The van der Waals surface area contributed by atoms with Crippen LogP contribution in [0.3, 0.4) is 0 Å². The van der Waals surface area contributed by atoms with Crippen molar-refractivity contribution in [2.75, 3.05) is 0 Å². The Morgan fingerprint density at radius 2 is 1.70 bits per heavy atom. The molecule has 2 nitrogen and oxygen atoms in total. The lowest BCUT2D eigenvalue weighted by Gasteiger charge is -2.14. The topological polar surface area (TPSA) is 26.3 Å². The zero-order valence-electron chi connectivity index (χ0n) is 9.95. The first-order valence-electron chi connectivity index (χ1n) is 5.50. The van der Waals surface area contributed by atoms with Crippen molar-refractivity contribution in [1.82, 2.24) is 0 Å². The molecule has 0 amide bonds. The molecule has 0 bridgehead atoms. The van der Waals surface area contributed by atoms with Crippen LogP contribution in [-0.4, -0.2) is 6.29 Å². The molecule has 0 aliphatic heterocycles. The molecule has 0 radical (unpaired) electrons. The van der Waals surface area contributed by atoms with Gasteiger partial charge in [-0.15, -0.1) is 0 Å². The SMILES string of the molecule is O=Cc1ccc(Oc2ccc(Br)cc2)c(C(F)(F)F)c1. The number of carbonyl (C=O) groups excluding carboxylic acids is 1. The molecule has 0 atom stereocenters. The van der Waals surface area contributed by atoms with Gasteiger partial charge < -0.3 is 4.74 Å². The van der Waals surface area contributed by atoms with Crippen LogP contribution in [0.5, 0.6) is 11.5 Å². The van der Waals surface area contributed by atoms with Crippen molar-refractivity contribution >= 4 is 22.2 Å². The summed E-state index contributed by atoms with van der Waals surface area (Å²) in [6, 6.07) is 9.56. The van der Waals surface area contributed by atoms with Crippen LogP contribution in [0, 0.1) is 0 Å². The molecule has 2 aromatic carbocycles. The molecule has 2 aromatic rings. The molecule has 0 aromatic heterocycles. The molecule has 0 N–H and O–H groups in total. The summed E-state index contributed by atoms with van der Waals surface area (Å²) in [5.74, 6) is -0.0667. The maximum absolute atomic E-state index is 12.9. The summed E-state index contributed by atoms with van der Waals surface area (Å²) >= 11 is 3.22. The van der Waals surface area contributed by atoms with E-state index in [2.05, 4.69) is 15.9 Å². The molecular formula is C14H8BrF3O2. The van der Waals surface area contributed by atoms with Gasteiger partial charge in [-0.25, -0.2) is 0 Å². The minimum Gasteiger partial charge on any atom is -0.457 e. The van der Waals surface area contributed by atoms with Crippen LogP contribution in [0.4, 0.5) is 13.2 Å². The molecule has 0 fully saturated rings. The number of alkyl halides is 3. The van der Waals surface area contributed by atoms with Gasteiger partial charge >= 0.3 is 6.18 Å². The highest BCUT2D eigenvalue weighted by Gasteiger charge is 2.34. The maximum atomic E-state index is 12.9. The van der Waals surface area contributed by atoms with Gasteiger partial charge in [0.15, 0.2) is 0 Å². The van der Waals surface area contributed by atoms with Gasteiger partial charge in [-0.2, -0.15) is 13.2 Å². The number of halogens is 4. The van der Waals surface area contributed by atoms with Gasteiger partial charge in [0.1, 0.15) is 17.8 Å². The Bertz CT molecular complexity index is 621. The van der Waals surface area contributed by atoms with E-state index in [0.717, 1.165) is 16.6 Å². The average Bonchev–Trinajstić information content (AvgIpc) is 2.40. The molecule has 0 unspecified atom stereocenters. The van der Waals surface area contributed by atoms with Crippen molar-refractivity contribution in [1.29, 1.82) is 0 Å². The second-order valence-electron chi connectivity index (χ2n) is 3.93. The third-order valence-corrected chi connectivity index (χ3v) is 3.02. The van der Waals surface area contributed by atoms with Gasteiger partial charge in [0, 0.05) is 10.0 Å². The van der Waals surface area contributed by atoms with E-state index in [1.165, 1.54) is 18.2 Å². The lowest BCUT2D eigenvalue weighted by Crippen LogP contribution is -2.08. The van der Waals surface area contributed by atoms with Crippen LogP contribution in [-0.2, 0) is 6.18 Å². The summed E-state index contributed by atoms with van der Waals surface area (Å²) in [6.07, 6.45) is -4.23. The second kappa shape index (κ2) is 5.66. The minimum atomic E-state index is -4.59. The van der Waals surface area contributed by atoms with Gasteiger partial charge in [-0.3, -0.25) is 4.79 Å². The van der Waals surface area contributed by atoms with E-state index in [-0.39, 0.29) is 17.1 Å². The molecule has 6 heteroatoms. The molecule has 0 saturated carbocycles. The number of hydrogen-bond acceptors (Lipinski definition) is 2. The molecule has 0 aliphatic carbocycles. The summed E-state index contributed by atoms with van der Waals surface area (Å²) in [4.78, 5) is 10.6. The van der Waals surface area contributed by atoms with Crippen LogP contribution in [0.25, 0.3) is 0 Å². The molecular weight excluding hydrogens is 337 g/mol. The van der Waals surface area contributed by atoms with Crippen LogP contribution in [0.2, 0.25) is 0 Å². The van der Waals surface area contributed by atoms with E-state index in [4.69, 9.17) is 4.74 Å². The molecule has 20 heavy (non-hydrogen) atoms. The summed E-state index contributed by atoms with van der Waals surface area (Å²) in [5, 5.41) is 0. The predicted molar refractivity (Wildman–Crippen MR) is 71.0 cm³/mol. The van der Waals surface area contributed by atoms with Crippen molar-refractivity contribution in [3.63, 3.8) is 0 Å². The van der Waals surface area contributed by atoms with Crippen molar-refractivity contribution in [3.05, 3.63) is 58.1 Å². The molecule has 2 rings (SSSR count). The van der Waals surface area contributed by atoms with Gasteiger partial charge in [0.05, 0.1) is 5.56 Å². The van der Waals surface area contributed by atoms with E-state index < -0.39 is 11.7 Å². The molecule has 0 saturated heterocycles. The van der Waals surface area contributed by atoms with Crippen molar-refractivity contribution in [3.8, 4) is 11.5 Å². The summed E-state index contributed by atoms with van der Waals surface area (Å²) in [7, 11) is 0. The Kier molecular flexibility index (Phi) is 4.13. The van der Waals surface area contributed by atoms with Crippen molar-refractivity contribution in [2.45, 2.75) is 6.18 Å². The Morgan fingerprint density at radius 3 is 2.25 bits per heavy atom. The Hall–Kier alpha value is -1.82. The minimum absolute atomic E-state index is 0.0551. The highest BCUT2D eigenvalue weighted by atomic mass is 79.9. The van der Waals surface area contributed by atoms with Crippen molar-refractivity contribution < 1.29 is 22.7 Å². The van der Waals surface area contributed by atoms with E-state index in [1.807, 2.05) is 0 Å². The number of carbonyl (C=O) groups is 1. The van der Waals surface area contributed by atoms with E-state index in [1.54, 1.807) is 12.1 Å². The Morgan fingerprint density at radius 1 is 1.05 bits per heavy atom. The third-order valence-electron chi connectivity index (χ3n) is 2.49. The lowest BCUT2D eigenvalue weighted by molar-refractivity contribution is -0.138. The Balaban J connectivity index is 2.40. The first kappa shape index (κ1) is 14.6. The third kappa shape index (κ3) is 3.39. The number of hydrogen-bond donors (Lipinski definition) is 0. The van der Waals surface area contributed by atoms with E-state index in [9.17, 15) is 18.0 Å². The largest absolute Gasteiger partial charge is 0.457 e. The number of rotatable bonds is 3. The monoisotopic (exact) mass is 344 g/mol. The average molecular weight is 345 g/mol. The second-order valence-corrected chi connectivity index (χ2v) is 4.84. The van der Waals surface area contributed by atoms with Crippen molar-refractivity contribution in [2.24, 2.45) is 0 Å².